The Hall–Kier alpha value is -2.22. The summed E-state index contributed by atoms with van der Waals surface area (Å²) in [6.45, 7) is 3.94. The van der Waals surface area contributed by atoms with E-state index in [4.69, 9.17) is 18.5 Å². The van der Waals surface area contributed by atoms with Crippen molar-refractivity contribution in [3.8, 4) is 0 Å². The van der Waals surface area contributed by atoms with Gasteiger partial charge in [0.1, 0.15) is 42.7 Å². The average Bonchev–Trinajstić information content (AvgIpc) is 3.28. The zero-order valence-electron chi connectivity index (χ0n) is 39.6. The fourth-order valence-corrected chi connectivity index (χ4v) is 8.15. The number of carbonyl (C=O) groups is 1. The van der Waals surface area contributed by atoms with Crippen LogP contribution in [0.5, 0.6) is 0 Å². The number of aliphatic hydroxyl groups is 5. The first-order valence-electron chi connectivity index (χ1n) is 24.8. The van der Waals surface area contributed by atoms with Crippen molar-refractivity contribution in [2.75, 3.05) is 19.8 Å². The van der Waals surface area contributed by atoms with E-state index in [2.05, 4.69) is 74.6 Å². The molecule has 0 aromatic heterocycles. The van der Waals surface area contributed by atoms with Crippen LogP contribution in [-0.2, 0) is 27.9 Å². The maximum absolute atomic E-state index is 12.8. The summed E-state index contributed by atoms with van der Waals surface area (Å²) in [6, 6.07) is 0. The van der Waals surface area contributed by atoms with Gasteiger partial charge in [0.05, 0.1) is 19.8 Å². The first kappa shape index (κ1) is 59.8. The monoisotopic (exact) mass is 925 g/mol. The molecule has 1 fully saturated rings. The normalized spacial score (nSPS) is 22.3. The number of hydrogen-bond acceptors (Lipinski definition) is 11. The van der Waals surface area contributed by atoms with Gasteiger partial charge in [0.2, 0.25) is 0 Å². The lowest BCUT2D eigenvalue weighted by Gasteiger charge is -2.41. The summed E-state index contributed by atoms with van der Waals surface area (Å²) in [5.41, 5.74) is 0. The lowest BCUT2D eigenvalue weighted by atomic mass is 9.85. The number of allylic oxidation sites excluding steroid dienone is 11. The molecule has 1 rings (SSSR count). The molecule has 0 saturated heterocycles. The van der Waals surface area contributed by atoms with E-state index < -0.39 is 63.1 Å². The second kappa shape index (κ2) is 41.0. The maximum atomic E-state index is 12.8. The number of aliphatic hydroxyl groups excluding tert-OH is 5. The zero-order chi connectivity index (χ0) is 46.9. The Morgan fingerprint density at radius 1 is 0.516 bits per heavy atom. The average molecular weight is 925 g/mol. The summed E-state index contributed by atoms with van der Waals surface area (Å²) in [6.07, 6.45) is 41.4. The van der Waals surface area contributed by atoms with Crippen LogP contribution in [0.3, 0.4) is 0 Å². The van der Waals surface area contributed by atoms with Crippen molar-refractivity contribution in [1.82, 2.24) is 0 Å². The van der Waals surface area contributed by atoms with E-state index in [-0.39, 0.29) is 13.0 Å². The van der Waals surface area contributed by atoms with E-state index in [0.717, 1.165) is 51.4 Å². The molecule has 13 heteroatoms. The minimum atomic E-state index is -5.04. The topological polar surface area (TPSA) is 192 Å². The Balaban J connectivity index is 2.40. The summed E-state index contributed by atoms with van der Waals surface area (Å²) in [7, 11) is -5.04. The minimum absolute atomic E-state index is 0.135. The van der Waals surface area contributed by atoms with Crippen molar-refractivity contribution in [3.05, 3.63) is 72.9 Å². The first-order valence-corrected chi connectivity index (χ1v) is 26.3. The van der Waals surface area contributed by atoms with Crippen molar-refractivity contribution in [1.29, 1.82) is 0 Å². The van der Waals surface area contributed by atoms with Crippen LogP contribution >= 0.6 is 7.82 Å². The van der Waals surface area contributed by atoms with Gasteiger partial charge in [0.15, 0.2) is 0 Å². The Morgan fingerprint density at radius 2 is 0.922 bits per heavy atom. The molecular weight excluding hydrogens is 836 g/mol. The summed E-state index contributed by atoms with van der Waals surface area (Å²) in [5, 5.41) is 50.2. The predicted molar refractivity (Wildman–Crippen MR) is 258 cm³/mol. The van der Waals surface area contributed by atoms with Crippen LogP contribution in [0.4, 0.5) is 0 Å². The fourth-order valence-electron chi connectivity index (χ4n) is 7.18. The summed E-state index contributed by atoms with van der Waals surface area (Å²) < 4.78 is 34.1. The molecule has 370 valence electrons. The molecule has 64 heavy (non-hydrogen) atoms. The van der Waals surface area contributed by atoms with Gasteiger partial charge in [-0.1, -0.05) is 177 Å². The van der Waals surface area contributed by atoms with E-state index in [1.807, 2.05) is 12.2 Å². The highest BCUT2D eigenvalue weighted by molar-refractivity contribution is 7.47. The van der Waals surface area contributed by atoms with E-state index in [1.54, 1.807) is 0 Å². The van der Waals surface area contributed by atoms with Crippen LogP contribution in [0.25, 0.3) is 0 Å². The van der Waals surface area contributed by atoms with Crippen molar-refractivity contribution >= 4 is 13.8 Å². The molecule has 6 N–H and O–H groups in total. The van der Waals surface area contributed by atoms with Gasteiger partial charge in [0.25, 0.3) is 0 Å². The predicted octanol–water partition coefficient (Wildman–Crippen LogP) is 10.8. The standard InChI is InChI=1S/C51H89O12P/c1-3-5-7-9-11-13-15-17-19-21-22-23-24-25-26-28-30-32-34-36-38-40-45(52)62-44(43-61-64(58,59)63-51-49(56)47(54)46(53)48(55)50(51)57)42-60-41-39-37-35-33-31-29-27-20-18-16-14-12-10-8-6-4-2/h6,8,12,14,18,20-22,29,31,35,37,44,46-51,53-57H,3-5,7,9-11,13,15-17,19,23-28,30,32-34,36,38-43H2,1-2H3,(H,58,59)/b8-6-,14-12-,20-18-,22-21-,31-29-,37-35-. The zero-order valence-corrected chi connectivity index (χ0v) is 40.5. The van der Waals surface area contributed by atoms with Crippen LogP contribution in [-0.4, -0.2) is 98.9 Å². The second-order valence-corrected chi connectivity index (χ2v) is 18.3. The van der Waals surface area contributed by atoms with Crippen molar-refractivity contribution in [2.45, 2.75) is 224 Å². The molecule has 6 atom stereocenters. The second-order valence-electron chi connectivity index (χ2n) is 16.9. The van der Waals surface area contributed by atoms with E-state index in [1.165, 1.54) is 96.3 Å². The lowest BCUT2D eigenvalue weighted by molar-refractivity contribution is -0.220. The molecule has 12 nitrogen and oxygen atoms in total. The summed E-state index contributed by atoms with van der Waals surface area (Å²) in [5.74, 6) is -0.506. The molecule has 0 aromatic rings. The summed E-state index contributed by atoms with van der Waals surface area (Å²) in [4.78, 5) is 23.2. The van der Waals surface area contributed by atoms with Crippen LogP contribution in [0.2, 0.25) is 0 Å². The Bertz CT molecular complexity index is 1330. The van der Waals surface area contributed by atoms with E-state index in [0.29, 0.717) is 19.4 Å². The Labute approximate surface area is 387 Å². The molecular formula is C51H89O12P. The van der Waals surface area contributed by atoms with Crippen molar-refractivity contribution in [2.24, 2.45) is 0 Å². The number of carbonyl (C=O) groups excluding carboxylic acids is 1. The molecule has 0 heterocycles. The van der Waals surface area contributed by atoms with E-state index in [9.17, 15) is 39.8 Å². The number of hydrogen-bond donors (Lipinski definition) is 6. The number of phosphoric acid groups is 1. The highest BCUT2D eigenvalue weighted by atomic mass is 31.2. The quantitative estimate of drug-likeness (QED) is 0.0147. The van der Waals surface area contributed by atoms with Crippen LogP contribution in [0, 0.1) is 0 Å². The molecule has 1 saturated carbocycles. The highest BCUT2D eigenvalue weighted by Crippen LogP contribution is 2.47. The Kier molecular flexibility index (Phi) is 38.3. The Morgan fingerprint density at radius 3 is 1.41 bits per heavy atom. The van der Waals surface area contributed by atoms with Gasteiger partial charge >= 0.3 is 13.8 Å². The number of ether oxygens (including phenoxy) is 2. The minimum Gasteiger partial charge on any atom is -0.457 e. The van der Waals surface area contributed by atoms with Gasteiger partial charge in [-0.25, -0.2) is 4.57 Å². The van der Waals surface area contributed by atoms with Gasteiger partial charge in [0, 0.05) is 6.42 Å². The van der Waals surface area contributed by atoms with Crippen LogP contribution in [0.15, 0.2) is 72.9 Å². The number of phosphoric ester groups is 1. The molecule has 0 spiro atoms. The third-order valence-corrected chi connectivity index (χ3v) is 12.1. The number of esters is 1. The number of rotatable bonds is 41. The molecule has 0 aliphatic heterocycles. The van der Waals surface area contributed by atoms with Gasteiger partial charge < -0.3 is 39.9 Å². The maximum Gasteiger partial charge on any atom is 0.472 e. The largest absolute Gasteiger partial charge is 0.472 e. The van der Waals surface area contributed by atoms with Crippen LogP contribution < -0.4 is 0 Å². The third kappa shape index (κ3) is 32.5. The first-order chi connectivity index (χ1) is 31.0. The summed E-state index contributed by atoms with van der Waals surface area (Å²) >= 11 is 0. The molecule has 0 bridgehead atoms. The smallest absolute Gasteiger partial charge is 0.457 e. The highest BCUT2D eigenvalue weighted by Gasteiger charge is 2.51. The van der Waals surface area contributed by atoms with E-state index >= 15 is 0 Å². The molecule has 0 radical (unpaired) electrons. The number of unbranched alkanes of at least 4 members (excludes halogenated alkanes) is 17. The SMILES string of the molecule is CC/C=C\C/C=C\C/C=C\C/C=C\C/C=C\CCOCC(COP(=O)(O)OC1C(O)C(O)C(O)C(O)C1O)OC(=O)CCCCCCCCCCC/C=C\CCCCCCCCCC. The van der Waals surface area contributed by atoms with Gasteiger partial charge in [-0.2, -0.15) is 0 Å². The fraction of sp³-hybridized carbons (Fsp3) is 0.745. The van der Waals surface area contributed by atoms with Crippen molar-refractivity contribution in [3.63, 3.8) is 0 Å². The van der Waals surface area contributed by atoms with Crippen molar-refractivity contribution < 1.29 is 58.3 Å². The van der Waals surface area contributed by atoms with Crippen LogP contribution in [0.1, 0.15) is 181 Å². The lowest BCUT2D eigenvalue weighted by Crippen LogP contribution is -2.64. The third-order valence-electron chi connectivity index (χ3n) is 11.1. The van der Waals surface area contributed by atoms with Gasteiger partial charge in [-0.3, -0.25) is 13.8 Å². The molecule has 0 aromatic carbocycles. The molecule has 0 amide bonds. The van der Waals surface area contributed by atoms with Gasteiger partial charge in [-0.05, 0) is 70.6 Å². The molecule has 1 aliphatic rings. The molecule has 6 unspecified atom stereocenters. The van der Waals surface area contributed by atoms with Gasteiger partial charge in [-0.15, -0.1) is 0 Å². The molecule has 1 aliphatic carbocycles.